The molecular weight excluding hydrogens is 1310 g/mol. The Bertz CT molecular complexity index is 3280. The molecule has 32 heteroatoms. The lowest BCUT2D eigenvalue weighted by atomic mass is 9.77. The number of anilines is 1. The van der Waals surface area contributed by atoms with E-state index in [0.717, 1.165) is 11.1 Å². The second-order valence-electron chi connectivity index (χ2n) is 23.0. The first-order valence-corrected chi connectivity index (χ1v) is 36.1. The number of benzene rings is 2. The molecule has 1 atom stereocenters. The number of carbonyl (C=O) groups is 3. The quantitative estimate of drug-likeness (QED) is 0.0366. The number of rotatable bonds is 51. The summed E-state index contributed by atoms with van der Waals surface area (Å²) >= 11 is 0. The maximum absolute atomic E-state index is 12.4. The molecule has 3 heterocycles. The molecule has 0 spiro atoms. The molecule has 1 aliphatic carbocycles. The van der Waals surface area contributed by atoms with Crippen LogP contribution < -0.4 is 14.8 Å². The summed E-state index contributed by atoms with van der Waals surface area (Å²) in [6.07, 6.45) is 5.36. The van der Waals surface area contributed by atoms with Crippen molar-refractivity contribution in [3.8, 4) is 11.3 Å². The molecule has 1 saturated heterocycles. The molecule has 95 heavy (non-hydrogen) atoms. The largest absolute Gasteiger partial charge is 0.748 e. The van der Waals surface area contributed by atoms with Gasteiger partial charge in [0.2, 0.25) is 5.36 Å². The molecular formula is C63H94N3O26S3-. The molecule has 0 radical (unpaired) electrons. The lowest BCUT2D eigenvalue weighted by Gasteiger charge is -2.30. The molecule has 0 aromatic heterocycles. The van der Waals surface area contributed by atoms with Crippen LogP contribution >= 0.6 is 0 Å². The second kappa shape index (κ2) is 41.9. The van der Waals surface area contributed by atoms with Crippen LogP contribution in [0.25, 0.3) is 17.4 Å². The number of carbonyl (C=O) groups excluding carboxylic acids is 3. The van der Waals surface area contributed by atoms with E-state index in [1.54, 1.807) is 25.3 Å². The molecule has 1 N–H and O–H groups in total. The van der Waals surface area contributed by atoms with Gasteiger partial charge in [-0.1, -0.05) is 26.8 Å². The van der Waals surface area contributed by atoms with Crippen LogP contribution in [-0.2, 0) is 117 Å². The van der Waals surface area contributed by atoms with Gasteiger partial charge in [-0.3, -0.25) is 14.1 Å². The number of hydrogen-bond acceptors (Lipinski definition) is 26. The molecule has 0 bridgehead atoms. The SMILES string of the molecule is COCCOCCOCCOCCOCCOCC[N+](CCCS(=O)(=O)[O-])=c1ccc2c(C(C)(C)C)cc(/C=C/C=C3/N(CCOCCOCCOCCOCCOCCOCCC(=O)ON4C(=O)CCC4=O)c4ccc(S(=O)(=O)[O-])cc4C3(C)CCCS(=O)(=O)O)oc-2c1. The van der Waals surface area contributed by atoms with Gasteiger partial charge >= 0.3 is 5.97 Å². The topological polar surface area (TPSA) is 363 Å². The van der Waals surface area contributed by atoms with Crippen LogP contribution in [0.5, 0.6) is 0 Å². The van der Waals surface area contributed by atoms with E-state index < -0.39 is 75.4 Å². The van der Waals surface area contributed by atoms with Crippen molar-refractivity contribution in [3.05, 3.63) is 82.6 Å². The van der Waals surface area contributed by atoms with Gasteiger partial charge in [-0.25, -0.2) is 26.2 Å². The summed E-state index contributed by atoms with van der Waals surface area (Å²) in [5.74, 6) is -2.03. The maximum Gasteiger partial charge on any atom is 0.335 e. The van der Waals surface area contributed by atoms with Crippen LogP contribution in [0.2, 0.25) is 0 Å². The third kappa shape index (κ3) is 30.2. The van der Waals surface area contributed by atoms with E-state index in [4.69, 9.17) is 66.1 Å². The molecule has 3 aliphatic heterocycles. The van der Waals surface area contributed by atoms with Crippen LogP contribution in [0.3, 0.4) is 0 Å². The minimum Gasteiger partial charge on any atom is -0.748 e. The number of allylic oxidation sites excluding steroid dienone is 3. The normalized spacial score (nSPS) is 16.4. The fourth-order valence-corrected chi connectivity index (χ4v) is 11.5. The number of nitrogens with zero attached hydrogens (tertiary/aromatic N) is 3. The number of amides is 2. The predicted molar refractivity (Wildman–Crippen MR) is 343 cm³/mol. The van der Waals surface area contributed by atoms with Crippen molar-refractivity contribution in [2.75, 3.05) is 195 Å². The van der Waals surface area contributed by atoms with Gasteiger partial charge in [-0.15, -0.1) is 5.06 Å². The van der Waals surface area contributed by atoms with Gasteiger partial charge < -0.3 is 80.1 Å². The fourth-order valence-electron chi connectivity index (χ4n) is 10.0. The van der Waals surface area contributed by atoms with Crippen LogP contribution in [0.1, 0.15) is 83.1 Å². The molecule has 1 aromatic carbocycles. The molecule has 536 valence electrons. The number of hydrogen-bond donors (Lipinski definition) is 1. The van der Waals surface area contributed by atoms with Crippen molar-refractivity contribution in [2.45, 2.75) is 81.9 Å². The fraction of sp³-hybridized carbons (Fsp3) is 0.651. The molecule has 1 fully saturated rings. The highest BCUT2D eigenvalue weighted by molar-refractivity contribution is 7.86. The Balaban J connectivity index is 1.18. The lowest BCUT2D eigenvalue weighted by Crippen LogP contribution is -2.35. The molecule has 1 unspecified atom stereocenters. The average Bonchev–Trinajstić information content (AvgIpc) is 1.60. The summed E-state index contributed by atoms with van der Waals surface area (Å²) in [6.45, 7) is 16.1. The highest BCUT2D eigenvalue weighted by atomic mass is 32.2. The van der Waals surface area contributed by atoms with Crippen LogP contribution in [0.4, 0.5) is 5.69 Å². The molecule has 29 nitrogen and oxygen atoms in total. The van der Waals surface area contributed by atoms with Gasteiger partial charge in [-0.05, 0) is 78.8 Å². The van der Waals surface area contributed by atoms with Gasteiger partial charge in [0.1, 0.15) is 34.8 Å². The van der Waals surface area contributed by atoms with Crippen molar-refractivity contribution in [1.82, 2.24) is 9.64 Å². The Morgan fingerprint density at radius 2 is 1.15 bits per heavy atom. The standard InChI is InChI=1S/C63H95N3O26S3/c1-62(2,3)54-48-51(91-57-47-50(11-13-53(54)57)64(19-8-46-94(73,74)75)20-23-81-28-31-85-36-39-89-42-41-87-34-33-83-26-25-79-5)9-6-10-58-63(4,18-7-45-93(70,71)72)55-49-52(95(76,77)78)12-14-56(55)65(58)21-24-82-29-32-86-37-40-90-44-43-88-38-35-84-30-27-80-22-17-61(69)92-66-59(67)15-16-60(66)68/h6,9-14,47-49H,7-8,15-46H2,1-5H3,(H2-,70,71,72,73,74,75,76,77,78)/p-1. The lowest BCUT2D eigenvalue weighted by molar-refractivity contribution is -0.198. The number of hydroxylamine groups is 2. The van der Waals surface area contributed by atoms with Gasteiger partial charge in [0, 0.05) is 67.1 Å². The van der Waals surface area contributed by atoms with E-state index in [-0.39, 0.29) is 111 Å². The molecule has 1 aromatic rings. The van der Waals surface area contributed by atoms with E-state index in [9.17, 15) is 53.3 Å². The Hall–Kier alpha value is -5.21. The van der Waals surface area contributed by atoms with E-state index in [2.05, 4.69) is 20.8 Å². The van der Waals surface area contributed by atoms with E-state index >= 15 is 0 Å². The molecule has 4 aliphatic rings. The first-order chi connectivity index (χ1) is 45.3. The van der Waals surface area contributed by atoms with Gasteiger partial charge in [0.05, 0.1) is 179 Å². The number of fused-ring (bicyclic) bond motifs is 2. The zero-order valence-electron chi connectivity index (χ0n) is 55.0. The Kier molecular flexibility index (Phi) is 35.5. The maximum atomic E-state index is 12.4. The number of ether oxygens (including phenoxy) is 12. The third-order valence-electron chi connectivity index (χ3n) is 14.8. The molecule has 5 rings (SSSR count). The first kappa shape index (κ1) is 80.5. The summed E-state index contributed by atoms with van der Waals surface area (Å²) in [5, 5.41) is 1.18. The summed E-state index contributed by atoms with van der Waals surface area (Å²) in [7, 11) is -12.2. The highest BCUT2D eigenvalue weighted by Crippen LogP contribution is 2.51. The van der Waals surface area contributed by atoms with Gasteiger partial charge in [-0.2, -0.15) is 8.42 Å². The van der Waals surface area contributed by atoms with Crippen molar-refractivity contribution in [1.29, 1.82) is 0 Å². The van der Waals surface area contributed by atoms with Gasteiger partial charge in [0.25, 0.3) is 21.9 Å². The Labute approximate surface area is 557 Å². The Morgan fingerprint density at radius 1 is 0.642 bits per heavy atom. The summed E-state index contributed by atoms with van der Waals surface area (Å²) in [6, 6.07) is 11.7. The van der Waals surface area contributed by atoms with E-state index in [1.807, 2.05) is 40.7 Å². The minimum absolute atomic E-state index is 0.0154. The van der Waals surface area contributed by atoms with E-state index in [0.29, 0.717) is 138 Å². The Morgan fingerprint density at radius 3 is 1.64 bits per heavy atom. The second-order valence-corrected chi connectivity index (χ2v) is 27.5. The predicted octanol–water partition coefficient (Wildman–Crippen LogP) is 3.46. The van der Waals surface area contributed by atoms with E-state index in [1.165, 1.54) is 18.2 Å². The third-order valence-corrected chi connectivity index (χ3v) is 17.2. The van der Waals surface area contributed by atoms with Crippen molar-refractivity contribution in [2.24, 2.45) is 0 Å². The van der Waals surface area contributed by atoms with Crippen LogP contribution in [0.15, 0.2) is 69.6 Å². The van der Waals surface area contributed by atoms with Crippen molar-refractivity contribution in [3.63, 3.8) is 0 Å². The van der Waals surface area contributed by atoms with Crippen LogP contribution in [0, 0.1) is 0 Å². The molecule has 2 amide bonds. The monoisotopic (exact) mass is 1400 g/mol. The van der Waals surface area contributed by atoms with Crippen molar-refractivity contribution < 1.29 is 119 Å². The minimum atomic E-state index is -4.92. The average molecular weight is 1410 g/mol. The molecule has 0 saturated carbocycles. The first-order valence-electron chi connectivity index (χ1n) is 31.5. The number of imide groups is 1. The summed E-state index contributed by atoms with van der Waals surface area (Å²) in [5.41, 5.74) is 1.88. The zero-order chi connectivity index (χ0) is 69.2. The highest BCUT2D eigenvalue weighted by Gasteiger charge is 2.44. The summed E-state index contributed by atoms with van der Waals surface area (Å²) < 4.78 is 181. The van der Waals surface area contributed by atoms with Crippen molar-refractivity contribution >= 4 is 59.9 Å². The van der Waals surface area contributed by atoms with Gasteiger partial charge in [0.15, 0.2) is 6.54 Å². The summed E-state index contributed by atoms with van der Waals surface area (Å²) in [4.78, 5) is 41.2. The zero-order valence-corrected chi connectivity index (χ0v) is 57.5. The number of methoxy groups -OCH3 is 1. The smallest absolute Gasteiger partial charge is 0.335 e. The van der Waals surface area contributed by atoms with Crippen LogP contribution in [-0.4, -0.2) is 252 Å².